The van der Waals surface area contributed by atoms with Gasteiger partial charge in [0.05, 0.1) is 4.91 Å². The highest BCUT2D eigenvalue weighted by molar-refractivity contribution is 8.18. The maximum Gasteiger partial charge on any atom is 0.294 e. The number of rotatable bonds is 4. The quantitative estimate of drug-likeness (QED) is 0.831. The summed E-state index contributed by atoms with van der Waals surface area (Å²) in [5.74, 6) is -1.46. The molecule has 1 N–H and O–H groups in total. The molecular formula is C19H15FN2O3S. The summed E-state index contributed by atoms with van der Waals surface area (Å²) < 4.78 is 12.9. The second kappa shape index (κ2) is 7.53. The lowest BCUT2D eigenvalue weighted by atomic mass is 10.1. The number of thioether (sulfide) groups is 1. The van der Waals surface area contributed by atoms with Crippen molar-refractivity contribution in [3.05, 3.63) is 70.4 Å². The highest BCUT2D eigenvalue weighted by Gasteiger charge is 2.36. The van der Waals surface area contributed by atoms with Crippen LogP contribution in [-0.2, 0) is 9.59 Å². The second-order valence-electron chi connectivity index (χ2n) is 5.73. The fraction of sp³-hybridized carbons (Fsp3) is 0.105. The smallest absolute Gasteiger partial charge is 0.294 e. The lowest BCUT2D eigenvalue weighted by molar-refractivity contribution is -0.127. The summed E-state index contributed by atoms with van der Waals surface area (Å²) in [6.45, 7) is 1.56. The molecule has 0 bridgehead atoms. The van der Waals surface area contributed by atoms with Gasteiger partial charge in [0.2, 0.25) is 5.91 Å². The minimum atomic E-state index is -0.532. The van der Waals surface area contributed by atoms with E-state index < -0.39 is 29.4 Å². The van der Waals surface area contributed by atoms with Gasteiger partial charge in [-0.1, -0.05) is 29.8 Å². The molecule has 0 aliphatic carbocycles. The van der Waals surface area contributed by atoms with Crippen molar-refractivity contribution in [3.63, 3.8) is 0 Å². The maximum absolute atomic E-state index is 12.9. The number of aryl methyl sites for hydroxylation is 1. The minimum Gasteiger partial charge on any atom is -0.325 e. The zero-order chi connectivity index (χ0) is 18.7. The molecule has 1 saturated heterocycles. The molecule has 0 aromatic heterocycles. The standard InChI is InChI=1S/C19H15FN2O3S/c1-12-2-4-13(5-3-12)10-16-18(24)22(19(25)26-16)11-17(23)21-15-8-6-14(20)7-9-15/h2-10H,11H2,1H3,(H,21,23)/b16-10-. The van der Waals surface area contributed by atoms with Crippen molar-refractivity contribution >= 4 is 40.6 Å². The number of halogens is 1. The van der Waals surface area contributed by atoms with Gasteiger partial charge in [0.25, 0.3) is 11.1 Å². The first kappa shape index (κ1) is 17.9. The molecule has 1 aliphatic rings. The minimum absolute atomic E-state index is 0.272. The van der Waals surface area contributed by atoms with E-state index in [1.54, 1.807) is 6.08 Å². The van der Waals surface area contributed by atoms with Crippen molar-refractivity contribution in [1.82, 2.24) is 4.90 Å². The molecule has 2 aromatic carbocycles. The van der Waals surface area contributed by atoms with E-state index in [2.05, 4.69) is 5.32 Å². The van der Waals surface area contributed by atoms with Crippen LogP contribution in [0.25, 0.3) is 6.08 Å². The molecule has 1 fully saturated rings. The molecule has 1 heterocycles. The van der Waals surface area contributed by atoms with E-state index in [4.69, 9.17) is 0 Å². The third-order valence-corrected chi connectivity index (χ3v) is 4.59. The van der Waals surface area contributed by atoms with Crippen LogP contribution in [0, 0.1) is 12.7 Å². The molecular weight excluding hydrogens is 355 g/mol. The summed E-state index contributed by atoms with van der Waals surface area (Å²) in [4.78, 5) is 37.7. The first-order valence-corrected chi connectivity index (χ1v) is 8.61. The number of carbonyl (C=O) groups excluding carboxylic acids is 3. The number of amides is 3. The van der Waals surface area contributed by atoms with E-state index >= 15 is 0 Å². The molecule has 0 unspecified atom stereocenters. The van der Waals surface area contributed by atoms with Crippen LogP contribution in [0.1, 0.15) is 11.1 Å². The Bertz CT molecular complexity index is 892. The Labute approximate surface area is 153 Å². The molecule has 7 heteroatoms. The predicted octanol–water partition coefficient (Wildman–Crippen LogP) is 3.81. The molecule has 0 radical (unpaired) electrons. The van der Waals surface area contributed by atoms with Crippen LogP contribution in [0.2, 0.25) is 0 Å². The van der Waals surface area contributed by atoms with Gasteiger partial charge >= 0.3 is 0 Å². The van der Waals surface area contributed by atoms with Gasteiger partial charge in [-0.15, -0.1) is 0 Å². The molecule has 132 valence electrons. The molecule has 0 spiro atoms. The highest BCUT2D eigenvalue weighted by Crippen LogP contribution is 2.32. The number of anilines is 1. The first-order chi connectivity index (χ1) is 12.4. The normalized spacial score (nSPS) is 15.6. The average molecular weight is 370 g/mol. The lowest BCUT2D eigenvalue weighted by Gasteiger charge is -2.12. The Kier molecular flexibility index (Phi) is 5.18. The van der Waals surface area contributed by atoms with Gasteiger partial charge in [-0.2, -0.15) is 0 Å². The van der Waals surface area contributed by atoms with Crippen molar-refractivity contribution in [3.8, 4) is 0 Å². The summed E-state index contributed by atoms with van der Waals surface area (Å²) >= 11 is 0.800. The van der Waals surface area contributed by atoms with E-state index in [1.807, 2.05) is 31.2 Å². The Balaban J connectivity index is 1.67. The lowest BCUT2D eigenvalue weighted by Crippen LogP contribution is -2.36. The Morgan fingerprint density at radius 3 is 2.42 bits per heavy atom. The monoisotopic (exact) mass is 370 g/mol. The van der Waals surface area contributed by atoms with Gasteiger partial charge in [-0.3, -0.25) is 19.3 Å². The Morgan fingerprint density at radius 1 is 1.12 bits per heavy atom. The van der Waals surface area contributed by atoms with Crippen molar-refractivity contribution in [2.45, 2.75) is 6.92 Å². The fourth-order valence-corrected chi connectivity index (χ4v) is 3.17. The summed E-state index contributed by atoms with van der Waals surface area (Å²) in [7, 11) is 0. The zero-order valence-corrected chi connectivity index (χ0v) is 14.7. The van der Waals surface area contributed by atoms with E-state index in [1.165, 1.54) is 24.3 Å². The van der Waals surface area contributed by atoms with Crippen molar-refractivity contribution in [2.24, 2.45) is 0 Å². The van der Waals surface area contributed by atoms with Gasteiger partial charge in [-0.05, 0) is 54.6 Å². The van der Waals surface area contributed by atoms with Crippen LogP contribution in [-0.4, -0.2) is 28.5 Å². The number of nitrogens with zero attached hydrogens (tertiary/aromatic N) is 1. The number of imide groups is 1. The third-order valence-electron chi connectivity index (χ3n) is 3.68. The topological polar surface area (TPSA) is 66.5 Å². The van der Waals surface area contributed by atoms with Crippen LogP contribution in [0.15, 0.2) is 53.4 Å². The van der Waals surface area contributed by atoms with E-state index in [-0.39, 0.29) is 4.91 Å². The molecule has 2 aromatic rings. The van der Waals surface area contributed by atoms with Gasteiger partial charge < -0.3 is 5.32 Å². The van der Waals surface area contributed by atoms with Crippen LogP contribution in [0.3, 0.4) is 0 Å². The Morgan fingerprint density at radius 2 is 1.77 bits per heavy atom. The molecule has 26 heavy (non-hydrogen) atoms. The highest BCUT2D eigenvalue weighted by atomic mass is 32.2. The van der Waals surface area contributed by atoms with Gasteiger partial charge in [0.1, 0.15) is 12.4 Å². The summed E-state index contributed by atoms with van der Waals surface area (Å²) in [6.07, 6.45) is 1.63. The van der Waals surface area contributed by atoms with Gasteiger partial charge in [-0.25, -0.2) is 4.39 Å². The third kappa shape index (κ3) is 4.18. The van der Waals surface area contributed by atoms with Crippen LogP contribution < -0.4 is 5.32 Å². The largest absolute Gasteiger partial charge is 0.325 e. The van der Waals surface area contributed by atoms with Crippen molar-refractivity contribution in [1.29, 1.82) is 0 Å². The van der Waals surface area contributed by atoms with E-state index in [9.17, 15) is 18.8 Å². The SMILES string of the molecule is Cc1ccc(/C=C2\SC(=O)N(CC(=O)Nc3ccc(F)cc3)C2=O)cc1. The predicted molar refractivity (Wildman–Crippen MR) is 98.9 cm³/mol. The number of hydrogen-bond donors (Lipinski definition) is 1. The van der Waals surface area contributed by atoms with E-state index in [0.717, 1.165) is 27.8 Å². The first-order valence-electron chi connectivity index (χ1n) is 7.80. The van der Waals surface area contributed by atoms with Crippen LogP contribution >= 0.6 is 11.8 Å². The zero-order valence-electron chi connectivity index (χ0n) is 13.9. The summed E-state index contributed by atoms with van der Waals surface area (Å²) in [5, 5.41) is 2.03. The van der Waals surface area contributed by atoms with Crippen LogP contribution in [0.4, 0.5) is 14.9 Å². The van der Waals surface area contributed by atoms with E-state index in [0.29, 0.717) is 5.69 Å². The van der Waals surface area contributed by atoms with Gasteiger partial charge in [0, 0.05) is 5.69 Å². The molecule has 0 saturated carbocycles. The molecule has 5 nitrogen and oxygen atoms in total. The summed E-state index contributed by atoms with van der Waals surface area (Å²) in [5.41, 5.74) is 2.28. The fourth-order valence-electron chi connectivity index (χ4n) is 2.33. The summed E-state index contributed by atoms with van der Waals surface area (Å²) in [6, 6.07) is 12.7. The molecule has 0 atom stereocenters. The van der Waals surface area contributed by atoms with Gasteiger partial charge in [0.15, 0.2) is 0 Å². The number of carbonyl (C=O) groups is 3. The Hall–Kier alpha value is -2.93. The molecule has 3 amide bonds. The van der Waals surface area contributed by atoms with Crippen molar-refractivity contribution in [2.75, 3.05) is 11.9 Å². The number of benzene rings is 2. The average Bonchev–Trinajstić information content (AvgIpc) is 2.86. The second-order valence-corrected chi connectivity index (χ2v) is 6.73. The van der Waals surface area contributed by atoms with Crippen molar-refractivity contribution < 1.29 is 18.8 Å². The molecule has 1 aliphatic heterocycles. The number of nitrogens with one attached hydrogen (secondary N) is 1. The number of hydrogen-bond acceptors (Lipinski definition) is 4. The van der Waals surface area contributed by atoms with Crippen LogP contribution in [0.5, 0.6) is 0 Å². The molecule has 3 rings (SSSR count). The maximum atomic E-state index is 12.9.